The van der Waals surface area contributed by atoms with Gasteiger partial charge >= 0.3 is 0 Å². The van der Waals surface area contributed by atoms with Crippen molar-refractivity contribution in [1.29, 1.82) is 0 Å². The highest BCUT2D eigenvalue weighted by molar-refractivity contribution is 9.10. The van der Waals surface area contributed by atoms with Crippen LogP contribution in [0.4, 0.5) is 10.1 Å². The van der Waals surface area contributed by atoms with E-state index in [1.165, 1.54) is 6.07 Å². The maximum absolute atomic E-state index is 13.0. The van der Waals surface area contributed by atoms with Crippen molar-refractivity contribution in [3.05, 3.63) is 58.3 Å². The highest BCUT2D eigenvalue weighted by Gasteiger charge is 2.18. The van der Waals surface area contributed by atoms with Crippen LogP contribution in [0.25, 0.3) is 0 Å². The summed E-state index contributed by atoms with van der Waals surface area (Å²) in [6, 6.07) is 10.3. The second-order valence-electron chi connectivity index (χ2n) is 4.31. The van der Waals surface area contributed by atoms with E-state index in [0.29, 0.717) is 12.3 Å². The smallest absolute Gasteiger partial charge is 0.263 e. The molecule has 112 valence electrons. The molecule has 0 aliphatic carbocycles. The SMILES string of the molecule is COCc1cccc(NS(=O)(=O)c2ccc(F)cc2Br)c1. The molecule has 0 atom stereocenters. The molecule has 2 aromatic rings. The number of nitrogens with one attached hydrogen (secondary N) is 1. The normalized spacial score (nSPS) is 11.4. The Morgan fingerprint density at radius 2 is 2.00 bits per heavy atom. The van der Waals surface area contributed by atoms with Gasteiger partial charge in [0.1, 0.15) is 10.7 Å². The Kier molecular flexibility index (Phi) is 4.97. The zero-order valence-corrected chi connectivity index (χ0v) is 13.5. The van der Waals surface area contributed by atoms with Crippen LogP contribution < -0.4 is 4.72 Å². The van der Waals surface area contributed by atoms with Gasteiger partial charge in [-0.25, -0.2) is 12.8 Å². The lowest BCUT2D eigenvalue weighted by atomic mass is 10.2. The van der Waals surface area contributed by atoms with Gasteiger partial charge in [0.25, 0.3) is 10.0 Å². The quantitative estimate of drug-likeness (QED) is 0.871. The lowest BCUT2D eigenvalue weighted by Gasteiger charge is -2.10. The fraction of sp³-hybridized carbons (Fsp3) is 0.143. The van der Waals surface area contributed by atoms with Gasteiger partial charge in [-0.15, -0.1) is 0 Å². The van der Waals surface area contributed by atoms with Crippen LogP contribution in [0, 0.1) is 5.82 Å². The molecule has 0 amide bonds. The molecule has 0 spiro atoms. The second kappa shape index (κ2) is 6.55. The van der Waals surface area contributed by atoms with Crippen LogP contribution in [0.2, 0.25) is 0 Å². The van der Waals surface area contributed by atoms with Crippen molar-refractivity contribution in [3.8, 4) is 0 Å². The molecule has 0 radical (unpaired) electrons. The molecule has 0 aromatic heterocycles. The Morgan fingerprint density at radius 1 is 1.24 bits per heavy atom. The topological polar surface area (TPSA) is 55.4 Å². The van der Waals surface area contributed by atoms with Crippen molar-refractivity contribution >= 4 is 31.6 Å². The summed E-state index contributed by atoms with van der Waals surface area (Å²) >= 11 is 3.06. The van der Waals surface area contributed by atoms with Crippen molar-refractivity contribution in [2.24, 2.45) is 0 Å². The van der Waals surface area contributed by atoms with Crippen LogP contribution in [-0.4, -0.2) is 15.5 Å². The molecule has 0 fully saturated rings. The summed E-state index contributed by atoms with van der Waals surface area (Å²) in [4.78, 5) is -0.0268. The number of rotatable bonds is 5. The first-order chi connectivity index (χ1) is 9.92. The Morgan fingerprint density at radius 3 is 2.67 bits per heavy atom. The first-order valence-corrected chi connectivity index (χ1v) is 8.26. The van der Waals surface area contributed by atoms with E-state index in [2.05, 4.69) is 20.7 Å². The fourth-order valence-electron chi connectivity index (χ4n) is 1.79. The number of hydrogen-bond donors (Lipinski definition) is 1. The van der Waals surface area contributed by atoms with Gasteiger partial charge in [-0.05, 0) is 51.8 Å². The Balaban J connectivity index is 2.31. The minimum Gasteiger partial charge on any atom is -0.380 e. The maximum Gasteiger partial charge on any atom is 0.263 e. The molecular weight excluding hydrogens is 361 g/mol. The number of sulfonamides is 1. The van der Waals surface area contributed by atoms with Gasteiger partial charge < -0.3 is 4.74 Å². The zero-order valence-electron chi connectivity index (χ0n) is 11.1. The van der Waals surface area contributed by atoms with Crippen molar-refractivity contribution in [2.75, 3.05) is 11.8 Å². The van der Waals surface area contributed by atoms with Gasteiger partial charge in [-0.3, -0.25) is 4.72 Å². The van der Waals surface area contributed by atoms with E-state index in [0.717, 1.165) is 17.7 Å². The van der Waals surface area contributed by atoms with E-state index in [4.69, 9.17) is 4.74 Å². The van der Waals surface area contributed by atoms with Gasteiger partial charge in [0.2, 0.25) is 0 Å². The molecule has 0 saturated carbocycles. The van der Waals surface area contributed by atoms with Crippen molar-refractivity contribution < 1.29 is 17.5 Å². The largest absolute Gasteiger partial charge is 0.380 e. The van der Waals surface area contributed by atoms with E-state index in [-0.39, 0.29) is 9.37 Å². The van der Waals surface area contributed by atoms with E-state index in [9.17, 15) is 12.8 Å². The molecule has 4 nitrogen and oxygen atoms in total. The molecule has 0 aliphatic heterocycles. The van der Waals surface area contributed by atoms with E-state index >= 15 is 0 Å². The molecule has 7 heteroatoms. The van der Waals surface area contributed by atoms with Crippen LogP contribution in [0.1, 0.15) is 5.56 Å². The lowest BCUT2D eigenvalue weighted by Crippen LogP contribution is -2.13. The van der Waals surface area contributed by atoms with Crippen LogP contribution in [0.5, 0.6) is 0 Å². The maximum atomic E-state index is 13.0. The fourth-order valence-corrected chi connectivity index (χ4v) is 3.89. The van der Waals surface area contributed by atoms with Crippen LogP contribution in [0.15, 0.2) is 51.8 Å². The molecule has 0 bridgehead atoms. The molecule has 0 aliphatic rings. The average Bonchev–Trinajstić information content (AvgIpc) is 2.38. The van der Waals surface area contributed by atoms with E-state index in [1.807, 2.05) is 6.07 Å². The number of ether oxygens (including phenoxy) is 1. The molecule has 21 heavy (non-hydrogen) atoms. The van der Waals surface area contributed by atoms with Gasteiger partial charge in [0.15, 0.2) is 0 Å². The van der Waals surface area contributed by atoms with Crippen molar-refractivity contribution in [2.45, 2.75) is 11.5 Å². The monoisotopic (exact) mass is 373 g/mol. The molecule has 0 unspecified atom stereocenters. The van der Waals surface area contributed by atoms with Gasteiger partial charge in [0, 0.05) is 17.3 Å². The second-order valence-corrected chi connectivity index (χ2v) is 6.82. The number of benzene rings is 2. The van der Waals surface area contributed by atoms with E-state index in [1.54, 1.807) is 25.3 Å². The Bertz CT molecular complexity index is 750. The predicted octanol–water partition coefficient (Wildman–Crippen LogP) is 3.54. The van der Waals surface area contributed by atoms with Crippen molar-refractivity contribution in [3.63, 3.8) is 0 Å². The van der Waals surface area contributed by atoms with Crippen LogP contribution in [0.3, 0.4) is 0 Å². The molecule has 1 N–H and O–H groups in total. The van der Waals surface area contributed by atoms with Crippen LogP contribution in [-0.2, 0) is 21.4 Å². The molecule has 0 heterocycles. The summed E-state index contributed by atoms with van der Waals surface area (Å²) in [5.41, 5.74) is 1.26. The number of anilines is 1. The number of halogens is 2. The van der Waals surface area contributed by atoms with E-state index < -0.39 is 15.8 Å². The lowest BCUT2D eigenvalue weighted by molar-refractivity contribution is 0.185. The standard InChI is InChI=1S/C14H13BrFNO3S/c1-20-9-10-3-2-4-12(7-10)17-21(18,19)14-6-5-11(16)8-13(14)15/h2-8,17H,9H2,1H3. The highest BCUT2D eigenvalue weighted by Crippen LogP contribution is 2.25. The van der Waals surface area contributed by atoms with Crippen LogP contribution >= 0.6 is 15.9 Å². The minimum atomic E-state index is -3.80. The third kappa shape index (κ3) is 4.03. The highest BCUT2D eigenvalue weighted by atomic mass is 79.9. The summed E-state index contributed by atoms with van der Waals surface area (Å²) in [6.45, 7) is 0.385. The summed E-state index contributed by atoms with van der Waals surface area (Å²) in [6.07, 6.45) is 0. The Labute approximate surface area is 131 Å². The summed E-state index contributed by atoms with van der Waals surface area (Å²) < 4.78 is 45.3. The predicted molar refractivity (Wildman–Crippen MR) is 82.1 cm³/mol. The van der Waals surface area contributed by atoms with Crippen molar-refractivity contribution in [1.82, 2.24) is 0 Å². The number of hydrogen-bond acceptors (Lipinski definition) is 3. The zero-order chi connectivity index (χ0) is 15.5. The van der Waals surface area contributed by atoms with Gasteiger partial charge in [0.05, 0.1) is 6.61 Å². The molecule has 0 saturated heterocycles. The average molecular weight is 374 g/mol. The molecular formula is C14H13BrFNO3S. The van der Waals surface area contributed by atoms with Gasteiger partial charge in [-0.2, -0.15) is 0 Å². The summed E-state index contributed by atoms with van der Waals surface area (Å²) in [7, 11) is -2.23. The van der Waals surface area contributed by atoms with Gasteiger partial charge in [-0.1, -0.05) is 12.1 Å². The summed E-state index contributed by atoms with van der Waals surface area (Å²) in [5, 5.41) is 0. The molecule has 2 aromatic carbocycles. The third-order valence-electron chi connectivity index (χ3n) is 2.67. The third-order valence-corrected chi connectivity index (χ3v) is 5.03. The first-order valence-electron chi connectivity index (χ1n) is 5.98. The summed E-state index contributed by atoms with van der Waals surface area (Å²) in [5.74, 6) is -0.511. The number of methoxy groups -OCH3 is 1. The Hall–Kier alpha value is -1.44. The molecule has 2 rings (SSSR count). The minimum absolute atomic E-state index is 0.0268. The first kappa shape index (κ1) is 15.9.